The van der Waals surface area contributed by atoms with Gasteiger partial charge in [-0.1, -0.05) is 6.07 Å². The molecule has 5 heteroatoms. The number of aromatic nitrogens is 2. The number of H-pyrrole nitrogens is 1. The zero-order chi connectivity index (χ0) is 13.0. The molecule has 4 rings (SSSR count). The summed E-state index contributed by atoms with van der Waals surface area (Å²) < 4.78 is 5.40. The molecule has 5 nitrogen and oxygen atoms in total. The van der Waals surface area contributed by atoms with E-state index in [1.54, 1.807) is 6.33 Å². The topological polar surface area (TPSA) is 75.2 Å². The maximum atomic E-state index is 11.1. The van der Waals surface area contributed by atoms with E-state index in [4.69, 9.17) is 9.84 Å². The van der Waals surface area contributed by atoms with Gasteiger partial charge in [-0.15, -0.1) is 0 Å². The van der Waals surface area contributed by atoms with Gasteiger partial charge in [-0.25, -0.2) is 4.98 Å². The van der Waals surface area contributed by atoms with Crippen molar-refractivity contribution in [2.45, 2.75) is 11.8 Å². The number of hydrogen-bond donors (Lipinski definition) is 2. The molecule has 0 bridgehead atoms. The van der Waals surface area contributed by atoms with E-state index < -0.39 is 5.97 Å². The lowest BCUT2D eigenvalue weighted by molar-refractivity contribution is -0.140. The highest BCUT2D eigenvalue weighted by atomic mass is 16.5. The molecule has 1 aliphatic carbocycles. The molecule has 1 aromatic carbocycles. The average Bonchev–Trinajstić information content (AvgIpc) is 2.99. The zero-order valence-electron chi connectivity index (χ0n) is 10.3. The molecule has 1 aromatic heterocycles. The second-order valence-electron chi connectivity index (χ2n) is 5.57. The minimum absolute atomic E-state index is 0.109. The predicted molar refractivity (Wildman–Crippen MR) is 67.8 cm³/mol. The van der Waals surface area contributed by atoms with Crippen LogP contribution >= 0.6 is 0 Å². The van der Waals surface area contributed by atoms with Gasteiger partial charge in [0.25, 0.3) is 0 Å². The summed E-state index contributed by atoms with van der Waals surface area (Å²) in [4.78, 5) is 18.4. The Bertz CT molecular complexity index is 660. The number of imidazole rings is 1. The fraction of sp³-hybridized carbons (Fsp3) is 0.429. The molecule has 1 aliphatic heterocycles. The molecule has 2 heterocycles. The van der Waals surface area contributed by atoms with Crippen molar-refractivity contribution in [2.24, 2.45) is 11.8 Å². The number of rotatable bonds is 3. The van der Waals surface area contributed by atoms with Gasteiger partial charge in [0.15, 0.2) is 0 Å². The molecule has 2 atom stereocenters. The first-order valence-electron chi connectivity index (χ1n) is 6.45. The van der Waals surface area contributed by atoms with Crippen LogP contribution in [0.1, 0.15) is 12.0 Å². The van der Waals surface area contributed by atoms with E-state index in [1.165, 1.54) is 5.56 Å². The molecule has 2 fully saturated rings. The van der Waals surface area contributed by atoms with Crippen LogP contribution in [0.4, 0.5) is 0 Å². The van der Waals surface area contributed by atoms with E-state index in [0.29, 0.717) is 13.2 Å². The van der Waals surface area contributed by atoms with Gasteiger partial charge >= 0.3 is 5.97 Å². The van der Waals surface area contributed by atoms with Gasteiger partial charge in [0.1, 0.15) is 0 Å². The summed E-state index contributed by atoms with van der Waals surface area (Å²) in [6.45, 7) is 1.25. The van der Waals surface area contributed by atoms with Crippen LogP contribution in [0, 0.1) is 11.8 Å². The van der Waals surface area contributed by atoms with Crippen molar-refractivity contribution in [3.05, 3.63) is 30.1 Å². The van der Waals surface area contributed by atoms with Crippen LogP contribution in [0.3, 0.4) is 0 Å². The van der Waals surface area contributed by atoms with Crippen molar-refractivity contribution in [2.75, 3.05) is 13.2 Å². The number of aromatic amines is 1. The summed E-state index contributed by atoms with van der Waals surface area (Å²) in [5.74, 6) is -0.681. The highest BCUT2D eigenvalue weighted by Crippen LogP contribution is 2.55. The number of nitrogens with zero attached hydrogens (tertiary/aromatic N) is 1. The first-order chi connectivity index (χ1) is 9.21. The number of carboxylic acid groups (broad SMARTS) is 1. The zero-order valence-corrected chi connectivity index (χ0v) is 10.3. The summed E-state index contributed by atoms with van der Waals surface area (Å²) in [5.41, 5.74) is 2.99. The molecular weight excluding hydrogens is 244 g/mol. The van der Waals surface area contributed by atoms with Gasteiger partial charge in [0, 0.05) is 5.41 Å². The summed E-state index contributed by atoms with van der Waals surface area (Å²) >= 11 is 0. The molecule has 2 N–H and O–H groups in total. The highest BCUT2D eigenvalue weighted by molar-refractivity contribution is 5.77. The summed E-state index contributed by atoms with van der Waals surface area (Å²) in [5, 5.41) is 9.14. The van der Waals surface area contributed by atoms with Gasteiger partial charge in [-0.3, -0.25) is 4.79 Å². The quantitative estimate of drug-likeness (QED) is 0.876. The van der Waals surface area contributed by atoms with E-state index in [2.05, 4.69) is 22.1 Å². The summed E-state index contributed by atoms with van der Waals surface area (Å²) in [7, 11) is 0. The minimum atomic E-state index is -0.682. The Balaban J connectivity index is 1.74. The van der Waals surface area contributed by atoms with Crippen LogP contribution < -0.4 is 0 Å². The van der Waals surface area contributed by atoms with Crippen LogP contribution in [0.15, 0.2) is 24.5 Å². The summed E-state index contributed by atoms with van der Waals surface area (Å²) in [6, 6.07) is 6.13. The number of nitrogens with one attached hydrogen (secondary N) is 1. The molecule has 1 saturated carbocycles. The molecule has 0 amide bonds. The Morgan fingerprint density at radius 2 is 2.32 bits per heavy atom. The lowest BCUT2D eigenvalue weighted by Gasteiger charge is -2.42. The maximum absolute atomic E-state index is 11.1. The molecule has 19 heavy (non-hydrogen) atoms. The second-order valence-corrected chi connectivity index (χ2v) is 5.57. The van der Waals surface area contributed by atoms with E-state index in [0.717, 1.165) is 17.5 Å². The third kappa shape index (κ3) is 1.45. The van der Waals surface area contributed by atoms with Crippen LogP contribution in [0.5, 0.6) is 0 Å². The molecule has 98 valence electrons. The molecule has 1 saturated heterocycles. The van der Waals surface area contributed by atoms with Gasteiger partial charge in [-0.05, 0) is 30.0 Å². The highest BCUT2D eigenvalue weighted by Gasteiger charge is 2.60. The van der Waals surface area contributed by atoms with Crippen LogP contribution in [0.25, 0.3) is 11.0 Å². The summed E-state index contributed by atoms with van der Waals surface area (Å²) in [6.07, 6.45) is 2.44. The van der Waals surface area contributed by atoms with E-state index in [1.807, 2.05) is 6.07 Å². The molecule has 0 radical (unpaired) electrons. The van der Waals surface area contributed by atoms with Crippen molar-refractivity contribution in [3.63, 3.8) is 0 Å². The smallest absolute Gasteiger partial charge is 0.306 e. The number of carbonyl (C=O) groups is 1. The second kappa shape index (κ2) is 3.57. The minimum Gasteiger partial charge on any atom is -0.481 e. The van der Waals surface area contributed by atoms with Crippen molar-refractivity contribution < 1.29 is 14.6 Å². The molecule has 0 spiro atoms. The van der Waals surface area contributed by atoms with Gasteiger partial charge < -0.3 is 14.8 Å². The monoisotopic (exact) mass is 258 g/mol. The Hall–Kier alpha value is -1.88. The Kier molecular flexibility index (Phi) is 2.07. The van der Waals surface area contributed by atoms with Crippen molar-refractivity contribution in [3.8, 4) is 0 Å². The van der Waals surface area contributed by atoms with Gasteiger partial charge in [0.05, 0.1) is 36.5 Å². The lowest BCUT2D eigenvalue weighted by atomic mass is 9.73. The maximum Gasteiger partial charge on any atom is 0.306 e. The standard InChI is InChI=1S/C14H14N2O3/c17-13(18)9-4-10(9)14(5-19-6-14)8-1-2-11-12(3-8)16-7-15-11/h1-3,7,9-10H,4-6H2,(H,15,16)(H,17,18). The van der Waals surface area contributed by atoms with Crippen LogP contribution in [-0.2, 0) is 14.9 Å². The Labute approximate surface area is 109 Å². The largest absolute Gasteiger partial charge is 0.481 e. The van der Waals surface area contributed by atoms with Crippen molar-refractivity contribution in [1.29, 1.82) is 0 Å². The predicted octanol–water partition coefficient (Wildman–Crippen LogP) is 1.55. The van der Waals surface area contributed by atoms with Gasteiger partial charge in [0.2, 0.25) is 0 Å². The normalized spacial score (nSPS) is 28.0. The fourth-order valence-corrected chi connectivity index (χ4v) is 3.24. The number of carboxylic acids is 1. The number of hydrogen-bond acceptors (Lipinski definition) is 3. The first kappa shape index (κ1) is 11.0. The van der Waals surface area contributed by atoms with E-state index in [9.17, 15) is 4.79 Å². The van der Waals surface area contributed by atoms with Crippen molar-refractivity contribution in [1.82, 2.24) is 9.97 Å². The van der Waals surface area contributed by atoms with Gasteiger partial charge in [-0.2, -0.15) is 0 Å². The molecule has 2 unspecified atom stereocenters. The number of ether oxygens (including phenoxy) is 1. The molecule has 2 aliphatic rings. The van der Waals surface area contributed by atoms with Crippen molar-refractivity contribution >= 4 is 17.0 Å². The average molecular weight is 258 g/mol. The number of aliphatic carboxylic acids is 1. The molecular formula is C14H14N2O3. The SMILES string of the molecule is O=C(O)C1CC1C1(c2ccc3nc[nH]c3c2)COC1. The fourth-order valence-electron chi connectivity index (χ4n) is 3.24. The van der Waals surface area contributed by atoms with E-state index in [-0.39, 0.29) is 17.3 Å². The molecule has 2 aromatic rings. The lowest BCUT2D eigenvalue weighted by Crippen LogP contribution is -2.49. The first-order valence-corrected chi connectivity index (χ1v) is 6.45. The van der Waals surface area contributed by atoms with Crippen LogP contribution in [-0.4, -0.2) is 34.3 Å². The third-order valence-corrected chi connectivity index (χ3v) is 4.53. The third-order valence-electron chi connectivity index (χ3n) is 4.53. The van der Waals surface area contributed by atoms with Crippen LogP contribution in [0.2, 0.25) is 0 Å². The Morgan fingerprint density at radius 3 is 2.95 bits per heavy atom. The van der Waals surface area contributed by atoms with E-state index >= 15 is 0 Å². The number of benzene rings is 1. The Morgan fingerprint density at radius 1 is 1.47 bits per heavy atom. The number of fused-ring (bicyclic) bond motifs is 1.